The smallest absolute Gasteiger partial charge is 0.127 e. The highest BCUT2D eigenvalue weighted by atomic mass is 16.5. The minimum Gasteiger partial charge on any atom is -0.493 e. The van der Waals surface area contributed by atoms with Crippen LogP contribution < -0.4 is 15.2 Å². The molecular formula is C26H47N3O2. The summed E-state index contributed by atoms with van der Waals surface area (Å²) in [4.78, 5) is 5.08. The van der Waals surface area contributed by atoms with Crippen molar-refractivity contribution in [2.45, 2.75) is 78.2 Å². The first kappa shape index (κ1) is 26.0. The molecule has 2 rings (SSSR count). The summed E-state index contributed by atoms with van der Waals surface area (Å²) in [5, 5.41) is 0. The SMILES string of the molecule is CCCCCCOc1ccc(CN2CCN(CCCN)CC2)c(OCCCCCC)c1. The van der Waals surface area contributed by atoms with Crippen LogP contribution in [-0.2, 0) is 6.54 Å². The zero-order valence-electron chi connectivity index (χ0n) is 20.2. The number of rotatable bonds is 17. The van der Waals surface area contributed by atoms with Crippen molar-refractivity contribution in [3.8, 4) is 11.5 Å². The van der Waals surface area contributed by atoms with Crippen LogP contribution in [0.2, 0.25) is 0 Å². The van der Waals surface area contributed by atoms with E-state index < -0.39 is 0 Å². The Labute approximate surface area is 191 Å². The summed E-state index contributed by atoms with van der Waals surface area (Å²) < 4.78 is 12.3. The van der Waals surface area contributed by atoms with E-state index in [0.29, 0.717) is 0 Å². The number of piperazine rings is 1. The fourth-order valence-corrected chi connectivity index (χ4v) is 4.05. The van der Waals surface area contributed by atoms with E-state index >= 15 is 0 Å². The van der Waals surface area contributed by atoms with Gasteiger partial charge in [-0.05, 0) is 38.4 Å². The molecule has 2 N–H and O–H groups in total. The van der Waals surface area contributed by atoms with E-state index in [1.807, 2.05) is 0 Å². The molecule has 0 aromatic heterocycles. The predicted molar refractivity (Wildman–Crippen MR) is 131 cm³/mol. The van der Waals surface area contributed by atoms with Gasteiger partial charge in [-0.2, -0.15) is 0 Å². The Balaban J connectivity index is 1.89. The third-order valence-electron chi connectivity index (χ3n) is 6.10. The molecule has 1 aliphatic rings. The summed E-state index contributed by atoms with van der Waals surface area (Å²) in [6.07, 6.45) is 10.9. The van der Waals surface area contributed by atoms with E-state index in [9.17, 15) is 0 Å². The maximum Gasteiger partial charge on any atom is 0.127 e. The van der Waals surface area contributed by atoms with Crippen LogP contribution >= 0.6 is 0 Å². The summed E-state index contributed by atoms with van der Waals surface area (Å²) in [5.74, 6) is 1.95. The molecule has 1 saturated heterocycles. The maximum atomic E-state index is 6.25. The normalized spacial score (nSPS) is 15.3. The summed E-state index contributed by atoms with van der Waals surface area (Å²) in [5.41, 5.74) is 6.94. The zero-order valence-corrected chi connectivity index (χ0v) is 20.2. The molecule has 0 unspecified atom stereocenters. The molecule has 1 heterocycles. The van der Waals surface area contributed by atoms with Gasteiger partial charge in [0.05, 0.1) is 13.2 Å². The zero-order chi connectivity index (χ0) is 22.2. The lowest BCUT2D eigenvalue weighted by Crippen LogP contribution is -2.46. The molecule has 0 radical (unpaired) electrons. The number of benzene rings is 1. The van der Waals surface area contributed by atoms with Crippen LogP contribution in [0.25, 0.3) is 0 Å². The van der Waals surface area contributed by atoms with E-state index in [1.165, 1.54) is 44.1 Å². The van der Waals surface area contributed by atoms with Crippen LogP contribution in [-0.4, -0.2) is 62.3 Å². The molecule has 1 fully saturated rings. The van der Waals surface area contributed by atoms with E-state index in [4.69, 9.17) is 15.2 Å². The molecule has 0 saturated carbocycles. The average Bonchev–Trinajstić information content (AvgIpc) is 2.79. The van der Waals surface area contributed by atoms with E-state index in [2.05, 4.69) is 41.8 Å². The second-order valence-corrected chi connectivity index (χ2v) is 8.85. The van der Waals surface area contributed by atoms with Gasteiger partial charge in [0, 0.05) is 44.4 Å². The van der Waals surface area contributed by atoms with Crippen molar-refractivity contribution in [1.29, 1.82) is 0 Å². The Kier molecular flexibility index (Phi) is 13.7. The molecule has 1 aromatic rings. The third kappa shape index (κ3) is 10.7. The van der Waals surface area contributed by atoms with Crippen molar-refractivity contribution in [2.75, 3.05) is 52.5 Å². The van der Waals surface area contributed by atoms with Gasteiger partial charge in [-0.25, -0.2) is 0 Å². The van der Waals surface area contributed by atoms with Crippen molar-refractivity contribution >= 4 is 0 Å². The van der Waals surface area contributed by atoms with Crippen molar-refractivity contribution < 1.29 is 9.47 Å². The van der Waals surface area contributed by atoms with Gasteiger partial charge in [0.2, 0.25) is 0 Å². The number of nitrogens with two attached hydrogens (primary N) is 1. The molecule has 5 heteroatoms. The fraction of sp³-hybridized carbons (Fsp3) is 0.769. The van der Waals surface area contributed by atoms with E-state index in [-0.39, 0.29) is 0 Å². The minimum atomic E-state index is 0.784. The lowest BCUT2D eigenvalue weighted by atomic mass is 10.1. The Morgan fingerprint density at radius 2 is 1.42 bits per heavy atom. The number of hydrogen-bond donors (Lipinski definition) is 1. The average molecular weight is 434 g/mol. The first-order valence-electron chi connectivity index (χ1n) is 12.8. The van der Waals surface area contributed by atoms with Gasteiger partial charge in [0.15, 0.2) is 0 Å². The minimum absolute atomic E-state index is 0.784. The molecule has 0 spiro atoms. The van der Waals surface area contributed by atoms with Gasteiger partial charge in [-0.3, -0.25) is 4.90 Å². The molecule has 31 heavy (non-hydrogen) atoms. The highest BCUT2D eigenvalue weighted by molar-refractivity contribution is 5.40. The molecule has 0 bridgehead atoms. The molecule has 1 aliphatic heterocycles. The second kappa shape index (κ2) is 16.3. The summed E-state index contributed by atoms with van der Waals surface area (Å²) in [6, 6.07) is 6.45. The molecule has 0 amide bonds. The number of nitrogens with zero attached hydrogens (tertiary/aromatic N) is 2. The van der Waals surface area contributed by atoms with Crippen molar-refractivity contribution in [2.24, 2.45) is 5.73 Å². The quantitative estimate of drug-likeness (QED) is 0.348. The van der Waals surface area contributed by atoms with Crippen LogP contribution in [0.5, 0.6) is 11.5 Å². The highest BCUT2D eigenvalue weighted by Gasteiger charge is 2.18. The first-order valence-corrected chi connectivity index (χ1v) is 12.8. The number of ether oxygens (including phenoxy) is 2. The van der Waals surface area contributed by atoms with Crippen LogP contribution in [0.4, 0.5) is 0 Å². The lowest BCUT2D eigenvalue weighted by Gasteiger charge is -2.35. The largest absolute Gasteiger partial charge is 0.493 e. The maximum absolute atomic E-state index is 6.25. The third-order valence-corrected chi connectivity index (χ3v) is 6.10. The molecule has 1 aromatic carbocycles. The Hall–Kier alpha value is -1.30. The molecule has 0 aliphatic carbocycles. The van der Waals surface area contributed by atoms with Gasteiger partial charge in [-0.15, -0.1) is 0 Å². The number of unbranched alkanes of at least 4 members (excludes halogenated alkanes) is 6. The first-order chi connectivity index (χ1) is 15.3. The monoisotopic (exact) mass is 433 g/mol. The van der Waals surface area contributed by atoms with Crippen molar-refractivity contribution in [3.05, 3.63) is 23.8 Å². The van der Waals surface area contributed by atoms with Crippen LogP contribution in [0.15, 0.2) is 18.2 Å². The summed E-state index contributed by atoms with van der Waals surface area (Å²) >= 11 is 0. The van der Waals surface area contributed by atoms with Crippen LogP contribution in [0.1, 0.15) is 77.2 Å². The highest BCUT2D eigenvalue weighted by Crippen LogP contribution is 2.27. The Morgan fingerprint density at radius 1 is 0.774 bits per heavy atom. The van der Waals surface area contributed by atoms with Crippen LogP contribution in [0.3, 0.4) is 0 Å². The van der Waals surface area contributed by atoms with Crippen LogP contribution in [0, 0.1) is 0 Å². The molecule has 178 valence electrons. The van der Waals surface area contributed by atoms with Gasteiger partial charge in [-0.1, -0.05) is 58.4 Å². The van der Waals surface area contributed by atoms with Gasteiger partial charge in [0.1, 0.15) is 11.5 Å². The molecule has 0 atom stereocenters. The topological polar surface area (TPSA) is 51.0 Å². The summed E-state index contributed by atoms with van der Waals surface area (Å²) in [7, 11) is 0. The van der Waals surface area contributed by atoms with Gasteiger partial charge >= 0.3 is 0 Å². The fourth-order valence-electron chi connectivity index (χ4n) is 4.05. The van der Waals surface area contributed by atoms with Gasteiger partial charge in [0.25, 0.3) is 0 Å². The summed E-state index contributed by atoms with van der Waals surface area (Å²) in [6.45, 7) is 13.4. The van der Waals surface area contributed by atoms with Crippen molar-refractivity contribution in [3.63, 3.8) is 0 Å². The van der Waals surface area contributed by atoms with E-state index in [1.54, 1.807) is 0 Å². The second-order valence-electron chi connectivity index (χ2n) is 8.85. The predicted octanol–water partition coefficient (Wildman–Crippen LogP) is 5.07. The Bertz CT molecular complexity index is 574. The molecule has 5 nitrogen and oxygen atoms in total. The van der Waals surface area contributed by atoms with Gasteiger partial charge < -0.3 is 20.1 Å². The standard InChI is InChI=1S/C26H47N3O2/c1-3-5-7-9-20-30-25-13-12-24(26(22-25)31-21-10-8-6-4-2)23-29-18-16-28(17-19-29)15-11-14-27/h12-13,22H,3-11,14-21,23,27H2,1-2H3. The molecular weight excluding hydrogens is 386 g/mol. The number of hydrogen-bond acceptors (Lipinski definition) is 5. The van der Waals surface area contributed by atoms with E-state index in [0.717, 1.165) is 89.8 Å². The Morgan fingerprint density at radius 3 is 2.06 bits per heavy atom. The van der Waals surface area contributed by atoms with Crippen molar-refractivity contribution in [1.82, 2.24) is 9.80 Å². The lowest BCUT2D eigenvalue weighted by molar-refractivity contribution is 0.125.